The van der Waals surface area contributed by atoms with E-state index in [0.717, 1.165) is 0 Å². The summed E-state index contributed by atoms with van der Waals surface area (Å²) in [6, 6.07) is 5.94. The number of nitriles is 1. The number of hydrogen-bond acceptors (Lipinski definition) is 7. The zero-order valence-corrected chi connectivity index (χ0v) is 10.8. The van der Waals surface area contributed by atoms with Gasteiger partial charge >= 0.3 is 0 Å². The number of benzene rings is 1. The summed E-state index contributed by atoms with van der Waals surface area (Å²) in [5.41, 5.74) is 5.46. The lowest BCUT2D eigenvalue weighted by atomic mass is 10.1. The Morgan fingerprint density at radius 1 is 1.67 bits per heavy atom. The number of rotatable bonds is 5. The fraction of sp³-hybridized carbons (Fsp3) is 0.250. The Morgan fingerprint density at radius 2 is 2.43 bits per heavy atom. The van der Waals surface area contributed by atoms with Gasteiger partial charge < -0.3 is 15.9 Å². The number of nitro groups is 1. The summed E-state index contributed by atoms with van der Waals surface area (Å²) in [7, 11) is 0. The monoisotopic (exact) mass is 289 g/mol. The van der Waals surface area contributed by atoms with Crippen LogP contribution >= 0.6 is 0 Å². The second-order valence-electron chi connectivity index (χ2n) is 4.32. The highest BCUT2D eigenvalue weighted by Crippen LogP contribution is 2.25. The Hall–Kier alpha value is -3.15. The molecule has 108 valence electrons. The molecule has 0 fully saturated rings. The number of hydrogen-bond donors (Lipinski definition) is 2. The number of primary amides is 1. The number of nitrogens with zero attached hydrogens (tertiary/aromatic N) is 3. The second kappa shape index (κ2) is 5.87. The van der Waals surface area contributed by atoms with Crippen molar-refractivity contribution in [2.75, 3.05) is 11.9 Å². The molecule has 0 spiro atoms. The summed E-state index contributed by atoms with van der Waals surface area (Å²) < 4.78 is 0. The number of anilines is 1. The molecule has 0 saturated heterocycles. The number of nitrogens with one attached hydrogen (secondary N) is 1. The summed E-state index contributed by atoms with van der Waals surface area (Å²) in [6.07, 6.45) is -0.186. The quantitative estimate of drug-likeness (QED) is 0.596. The van der Waals surface area contributed by atoms with Gasteiger partial charge in [0, 0.05) is 12.5 Å². The van der Waals surface area contributed by atoms with Gasteiger partial charge in [-0.2, -0.15) is 5.26 Å². The molecule has 9 nitrogen and oxygen atoms in total. The molecular formula is C12H11N5O4. The fourth-order valence-corrected chi connectivity index (χ4v) is 1.81. The van der Waals surface area contributed by atoms with Gasteiger partial charge in [-0.05, 0) is 12.1 Å². The molecule has 1 aliphatic rings. The first kappa shape index (κ1) is 14.3. The number of oxime groups is 1. The van der Waals surface area contributed by atoms with Crippen LogP contribution in [0.4, 0.5) is 11.4 Å². The Morgan fingerprint density at radius 3 is 3.00 bits per heavy atom. The molecule has 0 unspecified atom stereocenters. The maximum atomic E-state index is 11.0. The fourth-order valence-electron chi connectivity index (χ4n) is 1.81. The van der Waals surface area contributed by atoms with E-state index in [4.69, 9.17) is 15.8 Å². The van der Waals surface area contributed by atoms with Crippen molar-refractivity contribution >= 4 is 23.0 Å². The molecule has 1 aliphatic heterocycles. The van der Waals surface area contributed by atoms with E-state index < -0.39 is 16.9 Å². The van der Waals surface area contributed by atoms with Gasteiger partial charge in [-0.3, -0.25) is 14.9 Å². The average Bonchev–Trinajstić information content (AvgIpc) is 2.94. The average molecular weight is 289 g/mol. The largest absolute Gasteiger partial charge is 0.390 e. The number of carbonyl (C=O) groups is 1. The minimum Gasteiger partial charge on any atom is -0.390 e. The Balaban J connectivity index is 2.03. The maximum absolute atomic E-state index is 11.0. The molecule has 1 amide bonds. The summed E-state index contributed by atoms with van der Waals surface area (Å²) in [5.74, 6) is -0.651. The zero-order valence-electron chi connectivity index (χ0n) is 10.8. The van der Waals surface area contributed by atoms with Crippen molar-refractivity contribution in [3.8, 4) is 6.07 Å². The van der Waals surface area contributed by atoms with Crippen LogP contribution in [-0.2, 0) is 9.63 Å². The molecule has 1 aromatic carbocycles. The normalized spacial score (nSPS) is 16.5. The van der Waals surface area contributed by atoms with E-state index in [1.54, 1.807) is 0 Å². The van der Waals surface area contributed by atoms with Crippen molar-refractivity contribution < 1.29 is 14.6 Å². The molecule has 1 heterocycles. The van der Waals surface area contributed by atoms with Gasteiger partial charge in [0.25, 0.3) is 11.6 Å². The first-order valence-corrected chi connectivity index (χ1v) is 5.96. The number of amides is 1. The van der Waals surface area contributed by atoms with Crippen LogP contribution in [-0.4, -0.2) is 29.2 Å². The first-order chi connectivity index (χ1) is 10.0. The van der Waals surface area contributed by atoms with Gasteiger partial charge in [0.2, 0.25) is 0 Å². The van der Waals surface area contributed by atoms with Crippen molar-refractivity contribution in [3.63, 3.8) is 0 Å². The number of carbonyl (C=O) groups excluding carboxylic acids is 1. The molecule has 2 rings (SSSR count). The predicted molar refractivity (Wildman–Crippen MR) is 72.4 cm³/mol. The van der Waals surface area contributed by atoms with Gasteiger partial charge in [0.05, 0.1) is 23.1 Å². The van der Waals surface area contributed by atoms with Gasteiger partial charge in [-0.15, -0.1) is 0 Å². The minimum atomic E-state index is -0.651. The minimum absolute atomic E-state index is 0.135. The highest BCUT2D eigenvalue weighted by molar-refractivity contribution is 6.38. The zero-order chi connectivity index (χ0) is 15.4. The Labute approximate surface area is 119 Å². The van der Waals surface area contributed by atoms with Crippen molar-refractivity contribution in [2.45, 2.75) is 12.5 Å². The molecule has 0 bridgehead atoms. The Bertz CT molecular complexity index is 664. The molecule has 9 heteroatoms. The molecule has 0 saturated carbocycles. The molecule has 1 atom stereocenters. The molecule has 1 aromatic rings. The van der Waals surface area contributed by atoms with E-state index in [0.29, 0.717) is 0 Å². The summed E-state index contributed by atoms with van der Waals surface area (Å²) >= 11 is 0. The SMILES string of the molecule is N#Cc1ccc(NC[C@H]2CC(C(N)=O)=NO2)c([N+](=O)[O-])c1. The number of nitro benzene ring substituents is 1. The third kappa shape index (κ3) is 3.24. The second-order valence-corrected chi connectivity index (χ2v) is 4.32. The van der Waals surface area contributed by atoms with Gasteiger partial charge in [0.15, 0.2) is 6.10 Å². The standard InChI is InChI=1S/C12H11N5O4/c13-5-7-1-2-9(11(3-7)17(19)20)15-6-8-4-10(12(14)18)16-21-8/h1-3,8,15H,4,6H2,(H2,14,18)/t8-/m1/s1. The van der Waals surface area contributed by atoms with Crippen LogP contribution in [0.15, 0.2) is 23.4 Å². The molecular weight excluding hydrogens is 278 g/mol. The van der Waals surface area contributed by atoms with E-state index in [1.165, 1.54) is 18.2 Å². The summed E-state index contributed by atoms with van der Waals surface area (Å²) in [6.45, 7) is 0.215. The van der Waals surface area contributed by atoms with Crippen LogP contribution in [0, 0.1) is 21.4 Å². The van der Waals surface area contributed by atoms with E-state index in [2.05, 4.69) is 10.5 Å². The molecule has 0 aromatic heterocycles. The van der Waals surface area contributed by atoms with Crippen molar-refractivity contribution in [2.24, 2.45) is 10.9 Å². The Kier molecular flexibility index (Phi) is 3.99. The van der Waals surface area contributed by atoms with Crippen molar-refractivity contribution in [3.05, 3.63) is 33.9 Å². The van der Waals surface area contributed by atoms with Gasteiger partial charge in [-0.1, -0.05) is 5.16 Å². The molecule has 0 radical (unpaired) electrons. The van der Waals surface area contributed by atoms with E-state index >= 15 is 0 Å². The first-order valence-electron chi connectivity index (χ1n) is 5.96. The predicted octanol–water partition coefficient (Wildman–Crippen LogP) is 0.509. The van der Waals surface area contributed by atoms with Crippen LogP contribution in [0.3, 0.4) is 0 Å². The lowest BCUT2D eigenvalue weighted by Gasteiger charge is -2.11. The van der Waals surface area contributed by atoms with E-state index in [9.17, 15) is 14.9 Å². The summed E-state index contributed by atoms with van der Waals surface area (Å²) in [5, 5.41) is 26.1. The lowest BCUT2D eigenvalue weighted by Crippen LogP contribution is -2.26. The number of nitrogens with two attached hydrogens (primary N) is 1. The van der Waals surface area contributed by atoms with Crippen LogP contribution in [0.25, 0.3) is 0 Å². The van der Waals surface area contributed by atoms with Crippen LogP contribution in [0.1, 0.15) is 12.0 Å². The topological polar surface area (TPSA) is 144 Å². The van der Waals surface area contributed by atoms with Crippen molar-refractivity contribution in [1.82, 2.24) is 0 Å². The van der Waals surface area contributed by atoms with E-state index in [1.807, 2.05) is 6.07 Å². The molecule has 3 N–H and O–H groups in total. The maximum Gasteiger partial charge on any atom is 0.293 e. The molecule has 0 aliphatic carbocycles. The highest BCUT2D eigenvalue weighted by Gasteiger charge is 2.25. The van der Waals surface area contributed by atoms with Gasteiger partial charge in [-0.25, -0.2) is 0 Å². The van der Waals surface area contributed by atoms with Gasteiger partial charge in [0.1, 0.15) is 11.4 Å². The lowest BCUT2D eigenvalue weighted by molar-refractivity contribution is -0.384. The van der Waals surface area contributed by atoms with Crippen LogP contribution < -0.4 is 11.1 Å². The van der Waals surface area contributed by atoms with Crippen molar-refractivity contribution in [1.29, 1.82) is 5.26 Å². The summed E-state index contributed by atoms with van der Waals surface area (Å²) in [4.78, 5) is 26.3. The smallest absolute Gasteiger partial charge is 0.293 e. The van der Waals surface area contributed by atoms with Crippen LogP contribution in [0.5, 0.6) is 0 Å². The third-order valence-corrected chi connectivity index (χ3v) is 2.86. The van der Waals surface area contributed by atoms with Crippen LogP contribution in [0.2, 0.25) is 0 Å². The highest BCUT2D eigenvalue weighted by atomic mass is 16.6. The molecule has 21 heavy (non-hydrogen) atoms. The third-order valence-electron chi connectivity index (χ3n) is 2.86. The van der Waals surface area contributed by atoms with E-state index in [-0.39, 0.29) is 35.6 Å².